The van der Waals surface area contributed by atoms with Gasteiger partial charge in [0, 0.05) is 18.2 Å². The van der Waals surface area contributed by atoms with E-state index in [2.05, 4.69) is 27.5 Å². The maximum absolute atomic E-state index is 4.31. The topological polar surface area (TPSA) is 41.0 Å². The third kappa shape index (κ3) is 3.14. The molecule has 0 saturated carbocycles. The standard InChI is InChI=1S/C16H20N4/c1-20-11-5-8-14(12-20)17-16-10-9-15(18-19-16)13-6-3-2-4-7-13/h2-4,6-7,9-10,14H,5,8,11-12H2,1H3,(H,17,19)/t14-/m1/s1. The average Bonchev–Trinajstić information content (AvgIpc) is 2.49. The lowest BCUT2D eigenvalue weighted by Crippen LogP contribution is -2.39. The summed E-state index contributed by atoms with van der Waals surface area (Å²) in [5.41, 5.74) is 2.01. The zero-order valence-electron chi connectivity index (χ0n) is 11.8. The lowest BCUT2D eigenvalue weighted by molar-refractivity contribution is 0.260. The van der Waals surface area contributed by atoms with Gasteiger partial charge in [-0.25, -0.2) is 0 Å². The number of likely N-dealkylation sites (N-methyl/N-ethyl adjacent to an activating group) is 1. The molecule has 1 aromatic heterocycles. The van der Waals surface area contributed by atoms with Gasteiger partial charge < -0.3 is 10.2 Å². The van der Waals surface area contributed by atoms with E-state index in [1.807, 2.05) is 42.5 Å². The molecule has 20 heavy (non-hydrogen) atoms. The van der Waals surface area contributed by atoms with Crippen LogP contribution in [-0.4, -0.2) is 41.3 Å². The molecule has 2 heterocycles. The molecule has 4 heteroatoms. The smallest absolute Gasteiger partial charge is 0.148 e. The van der Waals surface area contributed by atoms with Gasteiger partial charge >= 0.3 is 0 Å². The van der Waals surface area contributed by atoms with Crippen LogP contribution in [-0.2, 0) is 0 Å². The Morgan fingerprint density at radius 2 is 1.95 bits per heavy atom. The minimum absolute atomic E-state index is 0.477. The van der Waals surface area contributed by atoms with Gasteiger partial charge in [-0.2, -0.15) is 0 Å². The van der Waals surface area contributed by atoms with Crippen molar-refractivity contribution in [3.05, 3.63) is 42.5 Å². The van der Waals surface area contributed by atoms with Gasteiger partial charge in [0.15, 0.2) is 0 Å². The van der Waals surface area contributed by atoms with Gasteiger partial charge in [-0.15, -0.1) is 10.2 Å². The van der Waals surface area contributed by atoms with Crippen LogP contribution < -0.4 is 5.32 Å². The van der Waals surface area contributed by atoms with Crippen molar-refractivity contribution in [2.24, 2.45) is 0 Å². The SMILES string of the molecule is CN1CCC[C@@H](Nc2ccc(-c3ccccc3)nn2)C1. The Balaban J connectivity index is 1.67. The molecule has 2 aromatic rings. The molecule has 0 spiro atoms. The third-order valence-corrected chi connectivity index (χ3v) is 3.71. The van der Waals surface area contributed by atoms with Crippen LogP contribution in [0.1, 0.15) is 12.8 Å². The van der Waals surface area contributed by atoms with Gasteiger partial charge in [-0.1, -0.05) is 30.3 Å². The van der Waals surface area contributed by atoms with Crippen LogP contribution in [0.2, 0.25) is 0 Å². The highest BCUT2D eigenvalue weighted by Gasteiger charge is 2.17. The van der Waals surface area contributed by atoms with Gasteiger partial charge in [0.2, 0.25) is 0 Å². The van der Waals surface area contributed by atoms with E-state index < -0.39 is 0 Å². The van der Waals surface area contributed by atoms with Crippen LogP contribution in [0.4, 0.5) is 5.82 Å². The zero-order valence-corrected chi connectivity index (χ0v) is 11.8. The van der Waals surface area contributed by atoms with E-state index in [-0.39, 0.29) is 0 Å². The van der Waals surface area contributed by atoms with E-state index in [9.17, 15) is 0 Å². The number of nitrogens with zero attached hydrogens (tertiary/aromatic N) is 3. The summed E-state index contributed by atoms with van der Waals surface area (Å²) in [6, 6.07) is 14.7. The van der Waals surface area contributed by atoms with Gasteiger partial charge in [-0.05, 0) is 38.6 Å². The molecule has 1 aromatic carbocycles. The maximum atomic E-state index is 4.31. The molecule has 104 valence electrons. The molecule has 4 nitrogen and oxygen atoms in total. The van der Waals surface area contributed by atoms with Crippen LogP contribution in [0.5, 0.6) is 0 Å². The van der Waals surface area contributed by atoms with Crippen LogP contribution in [0.3, 0.4) is 0 Å². The number of benzene rings is 1. The van der Waals surface area contributed by atoms with Crippen LogP contribution in [0.15, 0.2) is 42.5 Å². The molecule has 1 fully saturated rings. The Bertz CT molecular complexity index is 538. The highest BCUT2D eigenvalue weighted by atomic mass is 15.2. The predicted octanol–water partition coefficient (Wildman–Crippen LogP) is 2.65. The molecular weight excluding hydrogens is 248 g/mol. The first kappa shape index (κ1) is 13.1. The molecule has 1 atom stereocenters. The van der Waals surface area contributed by atoms with Gasteiger partial charge in [0.05, 0.1) is 5.69 Å². The Labute approximate surface area is 119 Å². The normalized spacial score (nSPS) is 19.8. The first-order chi connectivity index (χ1) is 9.81. The molecule has 0 bridgehead atoms. The van der Waals surface area contributed by atoms with Crippen molar-refractivity contribution in [2.75, 3.05) is 25.5 Å². The summed E-state index contributed by atoms with van der Waals surface area (Å²) in [6.45, 7) is 2.26. The summed E-state index contributed by atoms with van der Waals surface area (Å²) in [6.07, 6.45) is 2.44. The van der Waals surface area contributed by atoms with E-state index in [0.717, 1.165) is 23.6 Å². The number of hydrogen-bond acceptors (Lipinski definition) is 4. The van der Waals surface area contributed by atoms with Crippen molar-refractivity contribution in [2.45, 2.75) is 18.9 Å². The number of anilines is 1. The van der Waals surface area contributed by atoms with E-state index in [1.165, 1.54) is 19.4 Å². The Kier molecular flexibility index (Phi) is 3.92. The predicted molar refractivity (Wildman–Crippen MR) is 81.6 cm³/mol. The monoisotopic (exact) mass is 268 g/mol. The summed E-state index contributed by atoms with van der Waals surface area (Å²) in [5, 5.41) is 12.1. The quantitative estimate of drug-likeness (QED) is 0.929. The Morgan fingerprint density at radius 3 is 2.65 bits per heavy atom. The summed E-state index contributed by atoms with van der Waals surface area (Å²) < 4.78 is 0. The average molecular weight is 268 g/mol. The number of rotatable bonds is 3. The number of hydrogen-bond donors (Lipinski definition) is 1. The molecule has 1 saturated heterocycles. The lowest BCUT2D eigenvalue weighted by Gasteiger charge is -2.30. The summed E-state index contributed by atoms with van der Waals surface area (Å²) in [5.74, 6) is 0.866. The highest BCUT2D eigenvalue weighted by Crippen LogP contribution is 2.18. The molecule has 0 radical (unpaired) electrons. The van der Waals surface area contributed by atoms with Crippen LogP contribution >= 0.6 is 0 Å². The minimum Gasteiger partial charge on any atom is -0.365 e. The van der Waals surface area contributed by atoms with Gasteiger partial charge in [-0.3, -0.25) is 0 Å². The highest BCUT2D eigenvalue weighted by molar-refractivity contribution is 5.59. The lowest BCUT2D eigenvalue weighted by atomic mass is 10.1. The molecule has 0 amide bonds. The van der Waals surface area contributed by atoms with Crippen LogP contribution in [0, 0.1) is 0 Å². The fourth-order valence-electron chi connectivity index (χ4n) is 2.67. The third-order valence-electron chi connectivity index (χ3n) is 3.71. The van der Waals surface area contributed by atoms with Crippen molar-refractivity contribution in [3.63, 3.8) is 0 Å². The molecule has 3 rings (SSSR count). The number of nitrogens with one attached hydrogen (secondary N) is 1. The first-order valence-electron chi connectivity index (χ1n) is 7.15. The Hall–Kier alpha value is -1.94. The second-order valence-electron chi connectivity index (χ2n) is 5.42. The number of likely N-dealkylation sites (tertiary alicyclic amines) is 1. The first-order valence-corrected chi connectivity index (χ1v) is 7.15. The van der Waals surface area contributed by atoms with E-state index in [0.29, 0.717) is 6.04 Å². The van der Waals surface area contributed by atoms with E-state index in [4.69, 9.17) is 0 Å². The molecule has 1 N–H and O–H groups in total. The fourth-order valence-corrected chi connectivity index (χ4v) is 2.67. The van der Waals surface area contributed by atoms with Crippen molar-refractivity contribution in [3.8, 4) is 11.3 Å². The minimum atomic E-state index is 0.477. The van der Waals surface area contributed by atoms with E-state index in [1.54, 1.807) is 0 Å². The molecule has 1 aliphatic heterocycles. The maximum Gasteiger partial charge on any atom is 0.148 e. The summed E-state index contributed by atoms with van der Waals surface area (Å²) in [4.78, 5) is 2.35. The van der Waals surface area contributed by atoms with Crippen molar-refractivity contribution in [1.29, 1.82) is 0 Å². The fraction of sp³-hybridized carbons (Fsp3) is 0.375. The number of piperidine rings is 1. The van der Waals surface area contributed by atoms with Gasteiger partial charge in [0.25, 0.3) is 0 Å². The molecule has 0 aliphatic carbocycles. The number of aromatic nitrogens is 2. The van der Waals surface area contributed by atoms with Crippen molar-refractivity contribution < 1.29 is 0 Å². The second kappa shape index (κ2) is 6.01. The van der Waals surface area contributed by atoms with Crippen molar-refractivity contribution >= 4 is 5.82 Å². The van der Waals surface area contributed by atoms with E-state index >= 15 is 0 Å². The molecule has 0 unspecified atom stereocenters. The van der Waals surface area contributed by atoms with Gasteiger partial charge in [0.1, 0.15) is 5.82 Å². The second-order valence-corrected chi connectivity index (χ2v) is 5.42. The molecule has 1 aliphatic rings. The zero-order chi connectivity index (χ0) is 13.8. The largest absolute Gasteiger partial charge is 0.365 e. The molecular formula is C16H20N4. The van der Waals surface area contributed by atoms with Crippen LogP contribution in [0.25, 0.3) is 11.3 Å². The van der Waals surface area contributed by atoms with Crippen molar-refractivity contribution in [1.82, 2.24) is 15.1 Å². The summed E-state index contributed by atoms with van der Waals surface area (Å²) in [7, 11) is 2.16. The Morgan fingerprint density at radius 1 is 1.10 bits per heavy atom. The summed E-state index contributed by atoms with van der Waals surface area (Å²) >= 11 is 0.